The fraction of sp³-hybridized carbons (Fsp3) is 0.0345. The van der Waals surface area contributed by atoms with Crippen LogP contribution in [0.1, 0.15) is 16.7 Å². The maximum atomic E-state index is 6.69. The van der Waals surface area contributed by atoms with Gasteiger partial charge in [-0.05, 0) is 46.7 Å². The van der Waals surface area contributed by atoms with Crippen molar-refractivity contribution in [3.8, 4) is 11.5 Å². The molecule has 5 aromatic rings. The third-order valence-electron chi connectivity index (χ3n) is 5.97. The zero-order valence-corrected chi connectivity index (χ0v) is 16.8. The first-order valence-corrected chi connectivity index (χ1v) is 10.2. The molecule has 1 aliphatic heterocycles. The molecular formula is C29H20O. The topological polar surface area (TPSA) is 9.23 Å². The quantitative estimate of drug-likeness (QED) is 0.335. The molecule has 1 aliphatic rings. The largest absolute Gasteiger partial charge is 0.455 e. The second-order valence-corrected chi connectivity index (χ2v) is 8.01. The first-order valence-electron chi connectivity index (χ1n) is 10.2. The lowest BCUT2D eigenvalue weighted by atomic mass is 9.89. The minimum atomic E-state index is 0.923. The Labute approximate surface area is 175 Å². The summed E-state index contributed by atoms with van der Waals surface area (Å²) in [4.78, 5) is 0. The van der Waals surface area contributed by atoms with Gasteiger partial charge in [0, 0.05) is 27.1 Å². The Morgan fingerprint density at radius 1 is 0.667 bits per heavy atom. The van der Waals surface area contributed by atoms with Crippen molar-refractivity contribution in [3.63, 3.8) is 0 Å². The van der Waals surface area contributed by atoms with Crippen LogP contribution in [0, 0.1) is 6.92 Å². The average Bonchev–Trinajstić information content (AvgIpc) is 2.77. The highest BCUT2D eigenvalue weighted by Crippen LogP contribution is 2.42. The van der Waals surface area contributed by atoms with Crippen LogP contribution >= 0.6 is 0 Å². The van der Waals surface area contributed by atoms with Gasteiger partial charge in [0.15, 0.2) is 0 Å². The lowest BCUT2D eigenvalue weighted by molar-refractivity contribution is 0.484. The molecular weight excluding hydrogens is 364 g/mol. The van der Waals surface area contributed by atoms with Crippen molar-refractivity contribution < 1.29 is 4.74 Å². The van der Waals surface area contributed by atoms with Crippen molar-refractivity contribution in [3.05, 3.63) is 118 Å². The molecule has 0 aliphatic carbocycles. The minimum absolute atomic E-state index is 0.923. The Hall–Kier alpha value is -3.84. The molecule has 1 heterocycles. The number of benzene rings is 5. The Morgan fingerprint density at radius 2 is 1.40 bits per heavy atom. The van der Waals surface area contributed by atoms with Gasteiger partial charge in [0.05, 0.1) is 0 Å². The average molecular weight is 384 g/mol. The summed E-state index contributed by atoms with van der Waals surface area (Å²) in [5.41, 5.74) is 4.80. The van der Waals surface area contributed by atoms with Crippen LogP contribution in [-0.4, -0.2) is 0 Å². The van der Waals surface area contributed by atoms with E-state index in [-0.39, 0.29) is 0 Å². The fourth-order valence-electron chi connectivity index (χ4n) is 4.55. The summed E-state index contributed by atoms with van der Waals surface area (Å²) in [6, 6.07) is 32.2. The third kappa shape index (κ3) is 2.49. The van der Waals surface area contributed by atoms with E-state index in [2.05, 4.69) is 104 Å². The molecule has 0 radical (unpaired) electrons. The Kier molecular flexibility index (Phi) is 3.60. The third-order valence-corrected chi connectivity index (χ3v) is 5.97. The molecule has 0 fully saturated rings. The Bertz CT molecular complexity index is 1580. The molecule has 0 atom stereocenters. The molecule has 0 bridgehead atoms. The minimum Gasteiger partial charge on any atom is -0.455 e. The smallest absolute Gasteiger partial charge is 0.143 e. The van der Waals surface area contributed by atoms with Crippen LogP contribution in [0.3, 0.4) is 0 Å². The summed E-state index contributed by atoms with van der Waals surface area (Å²) >= 11 is 0. The zero-order valence-electron chi connectivity index (χ0n) is 16.8. The van der Waals surface area contributed by atoms with Crippen LogP contribution in [0.25, 0.3) is 33.7 Å². The predicted molar refractivity (Wildman–Crippen MR) is 126 cm³/mol. The fourth-order valence-corrected chi connectivity index (χ4v) is 4.55. The van der Waals surface area contributed by atoms with E-state index in [0.717, 1.165) is 43.7 Å². The summed E-state index contributed by atoms with van der Waals surface area (Å²) in [7, 11) is 0. The van der Waals surface area contributed by atoms with E-state index < -0.39 is 0 Å². The van der Waals surface area contributed by atoms with Crippen LogP contribution in [0.5, 0.6) is 11.5 Å². The Morgan fingerprint density at radius 3 is 2.27 bits per heavy atom. The van der Waals surface area contributed by atoms with Crippen LogP contribution in [0.15, 0.2) is 91.0 Å². The number of hydrogen-bond donors (Lipinski definition) is 0. The van der Waals surface area contributed by atoms with Crippen LogP contribution in [0.2, 0.25) is 0 Å². The highest BCUT2D eigenvalue weighted by atomic mass is 16.5. The Balaban J connectivity index is 1.80. The molecule has 6 rings (SSSR count). The first-order chi connectivity index (χ1) is 14.7. The van der Waals surface area contributed by atoms with E-state index in [0.29, 0.717) is 0 Å². The summed E-state index contributed by atoms with van der Waals surface area (Å²) in [5, 5.41) is 6.74. The number of fused-ring (bicyclic) bond motifs is 6. The first kappa shape index (κ1) is 17.1. The van der Waals surface area contributed by atoms with Gasteiger partial charge in [-0.1, -0.05) is 84.9 Å². The predicted octanol–water partition coefficient (Wildman–Crippen LogP) is 6.06. The van der Waals surface area contributed by atoms with Crippen molar-refractivity contribution in [2.75, 3.05) is 0 Å². The maximum Gasteiger partial charge on any atom is 0.143 e. The van der Waals surface area contributed by atoms with E-state index in [9.17, 15) is 0 Å². The van der Waals surface area contributed by atoms with E-state index in [4.69, 9.17) is 4.74 Å². The van der Waals surface area contributed by atoms with Gasteiger partial charge in [0.1, 0.15) is 11.5 Å². The summed E-state index contributed by atoms with van der Waals surface area (Å²) in [5.74, 6) is 1.86. The second kappa shape index (κ2) is 6.33. The van der Waals surface area contributed by atoms with Gasteiger partial charge in [0.25, 0.3) is 0 Å². The number of ether oxygens (including phenoxy) is 1. The number of rotatable bonds is 1. The van der Waals surface area contributed by atoms with E-state index in [1.807, 2.05) is 0 Å². The molecule has 142 valence electrons. The molecule has 0 unspecified atom stereocenters. The van der Waals surface area contributed by atoms with E-state index >= 15 is 0 Å². The van der Waals surface area contributed by atoms with Gasteiger partial charge >= 0.3 is 0 Å². The van der Waals surface area contributed by atoms with Gasteiger partial charge in [-0.25, -0.2) is 0 Å². The molecule has 1 heteroatoms. The molecule has 0 saturated carbocycles. The van der Waals surface area contributed by atoms with Crippen molar-refractivity contribution in [1.29, 1.82) is 0 Å². The van der Waals surface area contributed by atoms with Crippen molar-refractivity contribution >= 4 is 33.7 Å². The normalized spacial score (nSPS) is 12.5. The highest BCUT2D eigenvalue weighted by molar-refractivity contribution is 6.00. The number of aryl methyl sites for hydroxylation is 1. The lowest BCUT2D eigenvalue weighted by Crippen LogP contribution is -2.17. The van der Waals surface area contributed by atoms with Crippen LogP contribution in [0.4, 0.5) is 0 Å². The SMILES string of the molecule is C=c1ccc2c3c(ccc2c1)=C(c1ccccc1)c1ccc2cc(C)ccc2c1O3. The summed E-state index contributed by atoms with van der Waals surface area (Å²) < 4.78 is 6.69. The van der Waals surface area contributed by atoms with Gasteiger partial charge in [0.2, 0.25) is 0 Å². The molecule has 30 heavy (non-hydrogen) atoms. The molecule has 1 nitrogen and oxygen atoms in total. The maximum absolute atomic E-state index is 6.69. The molecule has 0 saturated heterocycles. The van der Waals surface area contributed by atoms with E-state index in [1.54, 1.807) is 0 Å². The van der Waals surface area contributed by atoms with Crippen molar-refractivity contribution in [1.82, 2.24) is 0 Å². The highest BCUT2D eigenvalue weighted by Gasteiger charge is 2.23. The van der Waals surface area contributed by atoms with Gasteiger partial charge in [-0.15, -0.1) is 0 Å². The second-order valence-electron chi connectivity index (χ2n) is 8.01. The van der Waals surface area contributed by atoms with E-state index in [1.165, 1.54) is 22.1 Å². The zero-order chi connectivity index (χ0) is 20.2. The molecule has 0 amide bonds. The van der Waals surface area contributed by atoms with Crippen LogP contribution in [-0.2, 0) is 0 Å². The lowest BCUT2D eigenvalue weighted by Gasteiger charge is -2.24. The standard InChI is InChI=1S/C29H20O/c1-18-8-12-23-21(16-18)10-14-25-27(20-6-4-3-5-7-20)26-15-11-22-17-19(2)9-13-24(22)29(26)30-28(23)25/h3-17H,1H2,2H3. The van der Waals surface area contributed by atoms with Crippen LogP contribution < -0.4 is 15.2 Å². The monoisotopic (exact) mass is 384 g/mol. The summed E-state index contributed by atoms with van der Waals surface area (Å²) in [6.45, 7) is 6.21. The van der Waals surface area contributed by atoms with Gasteiger partial charge in [-0.3, -0.25) is 0 Å². The summed E-state index contributed by atoms with van der Waals surface area (Å²) in [6.07, 6.45) is 0. The molecule has 0 N–H and O–H groups in total. The van der Waals surface area contributed by atoms with Crippen molar-refractivity contribution in [2.24, 2.45) is 0 Å². The number of hydrogen-bond acceptors (Lipinski definition) is 1. The van der Waals surface area contributed by atoms with Gasteiger partial charge in [-0.2, -0.15) is 0 Å². The molecule has 0 aromatic heterocycles. The van der Waals surface area contributed by atoms with Gasteiger partial charge < -0.3 is 4.74 Å². The molecule has 0 spiro atoms. The molecule has 5 aromatic carbocycles. The van der Waals surface area contributed by atoms with Crippen molar-refractivity contribution in [2.45, 2.75) is 6.92 Å².